The zero-order valence-electron chi connectivity index (χ0n) is 19.1. The van der Waals surface area contributed by atoms with Gasteiger partial charge in [-0.05, 0) is 90.4 Å². The van der Waals surface area contributed by atoms with Crippen LogP contribution in [0.4, 0.5) is 0 Å². The lowest BCUT2D eigenvalue weighted by molar-refractivity contribution is -0.0300. The van der Waals surface area contributed by atoms with Gasteiger partial charge < -0.3 is 5.11 Å². The number of hydrogen-bond acceptors (Lipinski definition) is 1. The monoisotopic (exact) mass is 384 g/mol. The molecule has 0 bridgehead atoms. The van der Waals surface area contributed by atoms with Gasteiger partial charge in [0.05, 0.1) is 6.10 Å². The van der Waals surface area contributed by atoms with Crippen LogP contribution < -0.4 is 0 Å². The van der Waals surface area contributed by atoms with Crippen molar-refractivity contribution in [3.05, 3.63) is 23.8 Å². The van der Waals surface area contributed by atoms with E-state index in [4.69, 9.17) is 0 Å². The Morgan fingerprint density at radius 2 is 1.79 bits per heavy atom. The van der Waals surface area contributed by atoms with E-state index in [2.05, 4.69) is 52.8 Å². The second kappa shape index (κ2) is 7.60. The zero-order chi connectivity index (χ0) is 20.1. The van der Waals surface area contributed by atoms with Gasteiger partial charge in [0.15, 0.2) is 0 Å². The number of aliphatic hydroxyl groups excluding tert-OH is 1. The molecule has 2 fully saturated rings. The summed E-state index contributed by atoms with van der Waals surface area (Å²) in [5.41, 5.74) is 2.29. The molecule has 4 aliphatic carbocycles. The van der Waals surface area contributed by atoms with Crippen molar-refractivity contribution in [3.63, 3.8) is 0 Å². The first-order valence-electron chi connectivity index (χ1n) is 12.3. The largest absolute Gasteiger partial charge is 0.389 e. The van der Waals surface area contributed by atoms with Crippen molar-refractivity contribution in [1.82, 2.24) is 0 Å². The van der Waals surface area contributed by atoms with Crippen molar-refractivity contribution in [2.75, 3.05) is 0 Å². The minimum Gasteiger partial charge on any atom is -0.389 e. The molecule has 4 rings (SSSR count). The van der Waals surface area contributed by atoms with Crippen LogP contribution in [-0.4, -0.2) is 11.2 Å². The van der Waals surface area contributed by atoms with E-state index in [1.54, 1.807) is 0 Å². The fourth-order valence-corrected chi connectivity index (χ4v) is 8.16. The Balaban J connectivity index is 1.52. The van der Waals surface area contributed by atoms with Crippen LogP contribution in [-0.2, 0) is 0 Å². The lowest BCUT2D eigenvalue weighted by Crippen LogP contribution is -2.49. The van der Waals surface area contributed by atoms with Crippen LogP contribution in [0.15, 0.2) is 23.8 Å². The lowest BCUT2D eigenvalue weighted by atomic mass is 9.48. The van der Waals surface area contributed by atoms with Gasteiger partial charge in [0, 0.05) is 0 Å². The summed E-state index contributed by atoms with van der Waals surface area (Å²) in [4.78, 5) is 0. The van der Waals surface area contributed by atoms with Crippen LogP contribution in [0.5, 0.6) is 0 Å². The number of aliphatic hydroxyl groups is 1. The number of hydrogen-bond donors (Lipinski definition) is 1. The molecule has 1 heteroatoms. The topological polar surface area (TPSA) is 20.2 Å². The summed E-state index contributed by atoms with van der Waals surface area (Å²) in [6, 6.07) is 0. The maximum Gasteiger partial charge on any atom is 0.0727 e. The molecule has 0 spiro atoms. The highest BCUT2D eigenvalue weighted by Crippen LogP contribution is 2.66. The van der Waals surface area contributed by atoms with Crippen molar-refractivity contribution in [1.29, 1.82) is 0 Å². The molecule has 1 unspecified atom stereocenters. The molecule has 0 aromatic heterocycles. The third kappa shape index (κ3) is 3.34. The first-order chi connectivity index (χ1) is 13.3. The normalized spacial score (nSPS) is 46.0. The van der Waals surface area contributed by atoms with E-state index in [1.165, 1.54) is 56.9 Å². The van der Waals surface area contributed by atoms with Gasteiger partial charge in [0.2, 0.25) is 0 Å². The molecule has 0 aliphatic heterocycles. The Labute approximate surface area is 174 Å². The number of rotatable bonds is 5. The fourth-order valence-electron chi connectivity index (χ4n) is 8.16. The van der Waals surface area contributed by atoms with Crippen molar-refractivity contribution in [2.24, 2.45) is 46.3 Å². The molecule has 1 N–H and O–H groups in total. The van der Waals surface area contributed by atoms with E-state index in [0.29, 0.717) is 10.8 Å². The number of allylic oxidation sites excluding steroid dienone is 3. The number of fused-ring (bicyclic) bond motifs is 5. The summed E-state index contributed by atoms with van der Waals surface area (Å²) in [5.74, 6) is 5.10. The van der Waals surface area contributed by atoms with Gasteiger partial charge in [-0.15, -0.1) is 0 Å². The van der Waals surface area contributed by atoms with Crippen LogP contribution in [0.3, 0.4) is 0 Å². The fraction of sp³-hybridized carbons (Fsp3) is 0.852. The maximum absolute atomic E-state index is 10.1. The van der Waals surface area contributed by atoms with Crippen LogP contribution in [0.2, 0.25) is 0 Å². The van der Waals surface area contributed by atoms with Gasteiger partial charge in [0.1, 0.15) is 0 Å². The molecule has 158 valence electrons. The van der Waals surface area contributed by atoms with Crippen molar-refractivity contribution >= 4 is 0 Å². The molecule has 4 aliphatic rings. The van der Waals surface area contributed by atoms with Gasteiger partial charge in [-0.1, -0.05) is 72.1 Å². The highest BCUT2D eigenvalue weighted by molar-refractivity contribution is 5.36. The smallest absolute Gasteiger partial charge is 0.0727 e. The highest BCUT2D eigenvalue weighted by atomic mass is 16.3. The molecule has 0 saturated heterocycles. The molecule has 28 heavy (non-hydrogen) atoms. The molecule has 0 heterocycles. The Hall–Kier alpha value is -0.560. The molecule has 0 aromatic carbocycles. The first kappa shape index (κ1) is 20.7. The molecule has 0 radical (unpaired) electrons. The van der Waals surface area contributed by atoms with Gasteiger partial charge in [-0.2, -0.15) is 0 Å². The zero-order valence-corrected chi connectivity index (χ0v) is 19.1. The summed E-state index contributed by atoms with van der Waals surface area (Å²) < 4.78 is 0. The van der Waals surface area contributed by atoms with Crippen molar-refractivity contribution < 1.29 is 5.11 Å². The average Bonchev–Trinajstić information content (AvgIpc) is 2.99. The van der Waals surface area contributed by atoms with E-state index in [0.717, 1.165) is 41.9 Å². The van der Waals surface area contributed by atoms with E-state index in [1.807, 2.05) is 0 Å². The first-order valence-corrected chi connectivity index (χ1v) is 12.3. The molecule has 0 aromatic rings. The van der Waals surface area contributed by atoms with Crippen LogP contribution in [0.25, 0.3) is 0 Å². The van der Waals surface area contributed by atoms with E-state index in [-0.39, 0.29) is 6.10 Å². The van der Waals surface area contributed by atoms with Gasteiger partial charge >= 0.3 is 0 Å². The predicted molar refractivity (Wildman–Crippen MR) is 119 cm³/mol. The van der Waals surface area contributed by atoms with Crippen molar-refractivity contribution in [2.45, 2.75) is 98.5 Å². The SMILES string of the molecule is CC(C)CCC[C@@H](C)[C@H]1CC[C@H]2[C@@H]3C=CC4=CC(O)CC[C@]4(C)[C@H]3CC[C@]12C. The maximum atomic E-state index is 10.1. The molecule has 0 amide bonds. The molecule has 1 nitrogen and oxygen atoms in total. The van der Waals surface area contributed by atoms with Crippen LogP contribution >= 0.6 is 0 Å². The molecule has 2 saturated carbocycles. The molecule has 8 atom stereocenters. The Kier molecular flexibility index (Phi) is 5.62. The van der Waals surface area contributed by atoms with Crippen LogP contribution in [0, 0.1) is 46.3 Å². The Morgan fingerprint density at radius 1 is 1.00 bits per heavy atom. The molecular formula is C27H44O. The summed E-state index contributed by atoms with van der Waals surface area (Å²) in [6.07, 6.45) is 19.0. The van der Waals surface area contributed by atoms with E-state index in [9.17, 15) is 5.11 Å². The standard InChI is InChI=1S/C27H44O/c1-18(2)7-6-8-19(3)23-11-12-24-22-10-9-20-17-21(28)13-15-26(20,4)25(22)14-16-27(23,24)5/h9-10,17-19,21-25,28H,6-8,11-16H2,1-5H3/t19-,21?,22+,23-,24+,25+,26+,27-/m1/s1. The van der Waals surface area contributed by atoms with Gasteiger partial charge in [-0.25, -0.2) is 0 Å². The summed E-state index contributed by atoms with van der Waals surface area (Å²) in [5, 5.41) is 10.1. The second-order valence-corrected chi connectivity index (χ2v) is 11.8. The van der Waals surface area contributed by atoms with Crippen molar-refractivity contribution in [3.8, 4) is 0 Å². The summed E-state index contributed by atoms with van der Waals surface area (Å²) in [6.45, 7) is 12.5. The lowest BCUT2D eigenvalue weighted by Gasteiger charge is -2.57. The Bertz CT molecular complexity index is 630. The predicted octanol–water partition coefficient (Wildman–Crippen LogP) is 7.16. The third-order valence-corrected chi connectivity index (χ3v) is 9.84. The van der Waals surface area contributed by atoms with E-state index >= 15 is 0 Å². The van der Waals surface area contributed by atoms with Gasteiger partial charge in [-0.3, -0.25) is 0 Å². The minimum atomic E-state index is -0.222. The summed E-state index contributed by atoms with van der Waals surface area (Å²) >= 11 is 0. The van der Waals surface area contributed by atoms with E-state index < -0.39 is 0 Å². The quantitative estimate of drug-likeness (QED) is 0.533. The minimum absolute atomic E-state index is 0.222. The third-order valence-electron chi connectivity index (χ3n) is 9.84. The average molecular weight is 385 g/mol. The molecular weight excluding hydrogens is 340 g/mol. The highest BCUT2D eigenvalue weighted by Gasteiger charge is 2.58. The second-order valence-electron chi connectivity index (χ2n) is 11.8. The Morgan fingerprint density at radius 3 is 2.54 bits per heavy atom. The van der Waals surface area contributed by atoms with Crippen LogP contribution in [0.1, 0.15) is 92.4 Å². The summed E-state index contributed by atoms with van der Waals surface area (Å²) in [7, 11) is 0. The van der Waals surface area contributed by atoms with Gasteiger partial charge in [0.25, 0.3) is 0 Å².